The van der Waals surface area contributed by atoms with Gasteiger partial charge in [0.15, 0.2) is 0 Å². The van der Waals surface area contributed by atoms with Gasteiger partial charge in [-0.2, -0.15) is 5.10 Å². The molecule has 0 saturated carbocycles. The summed E-state index contributed by atoms with van der Waals surface area (Å²) in [5, 5.41) is 14.4. The number of benzene rings is 1. The summed E-state index contributed by atoms with van der Waals surface area (Å²) in [7, 11) is 1.87. The molecule has 3 nitrogen and oxygen atoms in total. The number of aryl methyl sites for hydroxylation is 2. The zero-order valence-corrected chi connectivity index (χ0v) is 11.5. The highest BCUT2D eigenvalue weighted by molar-refractivity contribution is 9.10. The van der Waals surface area contributed by atoms with E-state index in [1.807, 2.05) is 44.4 Å². The minimum atomic E-state index is -0.513. The summed E-state index contributed by atoms with van der Waals surface area (Å²) in [5.41, 5.74) is 2.95. The van der Waals surface area contributed by atoms with Crippen LogP contribution in [-0.2, 0) is 13.5 Å². The second-order valence-electron chi connectivity index (χ2n) is 4.26. The molecule has 0 spiro atoms. The smallest absolute Gasteiger partial charge is 0.0846 e. The van der Waals surface area contributed by atoms with Gasteiger partial charge in [0.25, 0.3) is 0 Å². The van der Waals surface area contributed by atoms with E-state index >= 15 is 0 Å². The molecule has 1 atom stereocenters. The van der Waals surface area contributed by atoms with E-state index in [2.05, 4.69) is 21.0 Å². The van der Waals surface area contributed by atoms with Crippen LogP contribution in [0.2, 0.25) is 0 Å². The van der Waals surface area contributed by atoms with Crippen LogP contribution >= 0.6 is 15.9 Å². The van der Waals surface area contributed by atoms with Gasteiger partial charge in [0, 0.05) is 24.1 Å². The maximum Gasteiger partial charge on any atom is 0.0846 e. The Kier molecular flexibility index (Phi) is 3.64. The Morgan fingerprint density at radius 2 is 2.18 bits per heavy atom. The fraction of sp³-hybridized carbons (Fsp3) is 0.308. The lowest BCUT2D eigenvalue weighted by atomic mass is 10.0. The van der Waals surface area contributed by atoms with Crippen LogP contribution < -0.4 is 0 Å². The molecule has 2 rings (SSSR count). The zero-order chi connectivity index (χ0) is 12.4. The van der Waals surface area contributed by atoms with E-state index in [1.54, 1.807) is 4.68 Å². The zero-order valence-electron chi connectivity index (χ0n) is 9.89. The predicted octanol–water partition coefficient (Wildman–Crippen LogP) is 2.77. The fourth-order valence-electron chi connectivity index (χ4n) is 1.84. The maximum atomic E-state index is 10.2. The first-order valence-corrected chi connectivity index (χ1v) is 6.27. The van der Waals surface area contributed by atoms with Crippen LogP contribution in [-0.4, -0.2) is 14.9 Å². The maximum absolute atomic E-state index is 10.2. The molecule has 2 aromatic rings. The molecular formula is C13H15BrN2O. The molecule has 4 heteroatoms. The normalized spacial score (nSPS) is 12.7. The summed E-state index contributed by atoms with van der Waals surface area (Å²) >= 11 is 3.44. The second kappa shape index (κ2) is 5.02. The van der Waals surface area contributed by atoms with Crippen molar-refractivity contribution in [1.82, 2.24) is 9.78 Å². The molecule has 1 aromatic carbocycles. The summed E-state index contributed by atoms with van der Waals surface area (Å²) in [5.74, 6) is 0. The quantitative estimate of drug-likeness (QED) is 0.945. The number of aliphatic hydroxyl groups excluding tert-OH is 1. The van der Waals surface area contributed by atoms with E-state index in [1.165, 1.54) is 0 Å². The SMILES string of the molecule is Cc1cc(Br)cc(C(O)Cc2ccn(C)n2)c1. The number of aliphatic hydroxyl groups is 1. The lowest BCUT2D eigenvalue weighted by Gasteiger charge is -2.11. The van der Waals surface area contributed by atoms with Crippen LogP contribution in [0.3, 0.4) is 0 Å². The molecule has 90 valence electrons. The topological polar surface area (TPSA) is 38.0 Å². The van der Waals surface area contributed by atoms with Gasteiger partial charge in [-0.1, -0.05) is 22.0 Å². The number of aromatic nitrogens is 2. The van der Waals surface area contributed by atoms with Crippen molar-refractivity contribution in [3.63, 3.8) is 0 Å². The lowest BCUT2D eigenvalue weighted by Crippen LogP contribution is -2.03. The molecule has 1 unspecified atom stereocenters. The summed E-state index contributed by atoms with van der Waals surface area (Å²) in [4.78, 5) is 0. The van der Waals surface area contributed by atoms with Crippen LogP contribution in [0, 0.1) is 6.92 Å². The Morgan fingerprint density at radius 1 is 1.41 bits per heavy atom. The van der Waals surface area contributed by atoms with Gasteiger partial charge < -0.3 is 5.11 Å². The molecule has 0 aliphatic rings. The van der Waals surface area contributed by atoms with Crippen molar-refractivity contribution < 1.29 is 5.11 Å². The first kappa shape index (κ1) is 12.3. The Hall–Kier alpha value is -1.13. The van der Waals surface area contributed by atoms with Crippen molar-refractivity contribution in [2.75, 3.05) is 0 Å². The molecule has 0 amide bonds. The predicted molar refractivity (Wildman–Crippen MR) is 70.8 cm³/mol. The molecule has 1 heterocycles. The van der Waals surface area contributed by atoms with Crippen LogP contribution in [0.1, 0.15) is 22.9 Å². The molecule has 0 saturated heterocycles. The average molecular weight is 295 g/mol. The highest BCUT2D eigenvalue weighted by Crippen LogP contribution is 2.23. The molecule has 1 N–H and O–H groups in total. The van der Waals surface area contributed by atoms with Crippen LogP contribution in [0.15, 0.2) is 34.9 Å². The highest BCUT2D eigenvalue weighted by atomic mass is 79.9. The lowest BCUT2D eigenvalue weighted by molar-refractivity contribution is 0.177. The third kappa shape index (κ3) is 3.17. The van der Waals surface area contributed by atoms with Crippen LogP contribution in [0.4, 0.5) is 0 Å². The third-order valence-corrected chi connectivity index (χ3v) is 3.08. The van der Waals surface area contributed by atoms with Crippen molar-refractivity contribution >= 4 is 15.9 Å². The number of nitrogens with zero attached hydrogens (tertiary/aromatic N) is 2. The van der Waals surface area contributed by atoms with Crippen LogP contribution in [0.25, 0.3) is 0 Å². The summed E-state index contributed by atoms with van der Waals surface area (Å²) in [6.45, 7) is 2.02. The van der Waals surface area contributed by atoms with Gasteiger partial charge in [-0.05, 0) is 36.2 Å². The summed E-state index contributed by atoms with van der Waals surface area (Å²) in [6, 6.07) is 7.89. The van der Waals surface area contributed by atoms with Gasteiger partial charge >= 0.3 is 0 Å². The van der Waals surface area contributed by atoms with Gasteiger partial charge in [-0.25, -0.2) is 0 Å². The summed E-state index contributed by atoms with van der Waals surface area (Å²) < 4.78 is 2.74. The monoisotopic (exact) mass is 294 g/mol. The first-order chi connectivity index (χ1) is 8.04. The van der Waals surface area contributed by atoms with Gasteiger partial charge in [0.2, 0.25) is 0 Å². The van der Waals surface area contributed by atoms with Crippen molar-refractivity contribution in [2.45, 2.75) is 19.4 Å². The average Bonchev–Trinajstić information content (AvgIpc) is 2.62. The Balaban J connectivity index is 2.16. The Labute approximate surface area is 109 Å². The Morgan fingerprint density at radius 3 is 2.76 bits per heavy atom. The van der Waals surface area contributed by atoms with Crippen LogP contribution in [0.5, 0.6) is 0 Å². The first-order valence-electron chi connectivity index (χ1n) is 5.48. The van der Waals surface area contributed by atoms with Crippen molar-refractivity contribution in [3.05, 3.63) is 51.8 Å². The molecule has 0 radical (unpaired) electrons. The van der Waals surface area contributed by atoms with Crippen molar-refractivity contribution in [3.8, 4) is 0 Å². The number of hydrogen-bond donors (Lipinski definition) is 1. The fourth-order valence-corrected chi connectivity index (χ4v) is 2.47. The van der Waals surface area contributed by atoms with E-state index in [0.29, 0.717) is 6.42 Å². The van der Waals surface area contributed by atoms with E-state index in [4.69, 9.17) is 0 Å². The van der Waals surface area contributed by atoms with E-state index in [0.717, 1.165) is 21.3 Å². The summed E-state index contributed by atoms with van der Waals surface area (Å²) in [6.07, 6.45) is 1.91. The Bertz CT molecular complexity index is 502. The minimum Gasteiger partial charge on any atom is -0.388 e. The molecule has 0 aliphatic heterocycles. The molecule has 17 heavy (non-hydrogen) atoms. The molecule has 0 bridgehead atoms. The number of rotatable bonds is 3. The highest BCUT2D eigenvalue weighted by Gasteiger charge is 2.11. The third-order valence-electron chi connectivity index (χ3n) is 2.62. The molecular weight excluding hydrogens is 280 g/mol. The van der Waals surface area contributed by atoms with Gasteiger partial charge in [-0.15, -0.1) is 0 Å². The second-order valence-corrected chi connectivity index (χ2v) is 5.18. The van der Waals surface area contributed by atoms with Crippen molar-refractivity contribution in [2.24, 2.45) is 7.05 Å². The van der Waals surface area contributed by atoms with Gasteiger partial charge in [0.05, 0.1) is 11.8 Å². The minimum absolute atomic E-state index is 0.513. The standard InChI is InChI=1S/C13H15BrN2O/c1-9-5-10(7-11(14)6-9)13(17)8-12-3-4-16(2)15-12/h3-7,13,17H,8H2,1-2H3. The van der Waals surface area contributed by atoms with Gasteiger partial charge in [-0.3, -0.25) is 4.68 Å². The molecule has 0 aliphatic carbocycles. The van der Waals surface area contributed by atoms with E-state index in [-0.39, 0.29) is 0 Å². The number of halogens is 1. The van der Waals surface area contributed by atoms with Gasteiger partial charge in [0.1, 0.15) is 0 Å². The van der Waals surface area contributed by atoms with Crippen molar-refractivity contribution in [1.29, 1.82) is 0 Å². The molecule has 1 aromatic heterocycles. The number of hydrogen-bond acceptors (Lipinski definition) is 2. The molecule has 0 fully saturated rings. The van der Waals surface area contributed by atoms with E-state index in [9.17, 15) is 5.11 Å². The largest absolute Gasteiger partial charge is 0.388 e. The van der Waals surface area contributed by atoms with E-state index < -0.39 is 6.10 Å².